The number of aryl methyl sites for hydroxylation is 1. The fraction of sp³-hybridized carbons (Fsp3) is 0.310. The molecular weight excluding hydrogens is 584 g/mol. The lowest BCUT2D eigenvalue weighted by Crippen LogP contribution is -2.52. The highest BCUT2D eigenvalue weighted by atomic mass is 35.5. The molecule has 3 rings (SSSR count). The molecule has 3 aromatic carbocycles. The number of hydrogen-bond donors (Lipinski definition) is 1. The molecule has 11 nitrogen and oxygen atoms in total. The molecule has 0 aliphatic heterocycles. The second kappa shape index (κ2) is 13.7. The van der Waals surface area contributed by atoms with Crippen molar-refractivity contribution in [1.82, 2.24) is 10.2 Å². The minimum absolute atomic E-state index is 0.00477. The van der Waals surface area contributed by atoms with E-state index in [9.17, 15) is 28.1 Å². The van der Waals surface area contributed by atoms with Crippen molar-refractivity contribution in [3.8, 4) is 5.75 Å². The molecule has 2 amide bonds. The van der Waals surface area contributed by atoms with E-state index in [1.54, 1.807) is 45.0 Å². The number of amides is 2. The van der Waals surface area contributed by atoms with Crippen LogP contribution in [0.5, 0.6) is 5.75 Å². The van der Waals surface area contributed by atoms with E-state index in [0.29, 0.717) is 16.3 Å². The maximum atomic E-state index is 14.0. The van der Waals surface area contributed by atoms with Crippen LogP contribution < -0.4 is 14.4 Å². The number of hydrogen-bond acceptors (Lipinski definition) is 7. The number of ether oxygens (including phenoxy) is 1. The first-order valence-electron chi connectivity index (χ1n) is 13.0. The fourth-order valence-corrected chi connectivity index (χ4v) is 5.69. The second-order valence-electron chi connectivity index (χ2n) is 9.90. The first-order valence-corrected chi connectivity index (χ1v) is 14.8. The van der Waals surface area contributed by atoms with Crippen molar-refractivity contribution in [2.45, 2.75) is 51.2 Å². The molecular formula is C29H33ClN4O7S. The van der Waals surface area contributed by atoms with Gasteiger partial charge in [0.1, 0.15) is 18.3 Å². The average Bonchev–Trinajstić information content (AvgIpc) is 2.94. The van der Waals surface area contributed by atoms with E-state index in [1.165, 1.54) is 55.3 Å². The van der Waals surface area contributed by atoms with Gasteiger partial charge in [0.2, 0.25) is 11.8 Å². The maximum Gasteiger partial charge on any atom is 0.273 e. The molecule has 0 aliphatic carbocycles. The average molecular weight is 617 g/mol. The van der Waals surface area contributed by atoms with Crippen molar-refractivity contribution in [1.29, 1.82) is 0 Å². The molecule has 13 heteroatoms. The molecule has 1 atom stereocenters. The number of nitro groups is 1. The van der Waals surface area contributed by atoms with Gasteiger partial charge in [-0.15, -0.1) is 0 Å². The largest absolute Gasteiger partial charge is 0.497 e. The van der Waals surface area contributed by atoms with Crippen molar-refractivity contribution in [3.05, 3.63) is 93.0 Å². The number of methoxy groups -OCH3 is 1. The Morgan fingerprint density at radius 2 is 1.64 bits per heavy atom. The third-order valence-corrected chi connectivity index (χ3v) is 8.49. The normalized spacial score (nSPS) is 12.0. The number of sulfonamides is 1. The van der Waals surface area contributed by atoms with Crippen LogP contribution in [0.2, 0.25) is 5.02 Å². The molecule has 0 heterocycles. The van der Waals surface area contributed by atoms with Gasteiger partial charge in [-0.3, -0.25) is 24.0 Å². The number of carbonyl (C=O) groups is 2. The zero-order valence-electron chi connectivity index (χ0n) is 23.9. The van der Waals surface area contributed by atoms with Gasteiger partial charge in [0.05, 0.1) is 22.6 Å². The van der Waals surface area contributed by atoms with Gasteiger partial charge in [0.25, 0.3) is 15.7 Å². The van der Waals surface area contributed by atoms with Crippen molar-refractivity contribution < 1.29 is 27.7 Å². The highest BCUT2D eigenvalue weighted by molar-refractivity contribution is 7.92. The Morgan fingerprint density at radius 1 is 1.02 bits per heavy atom. The Hall–Kier alpha value is -4.16. The lowest BCUT2D eigenvalue weighted by atomic mass is 10.1. The summed E-state index contributed by atoms with van der Waals surface area (Å²) in [7, 11) is -3.04. The number of halogens is 1. The van der Waals surface area contributed by atoms with Gasteiger partial charge in [-0.25, -0.2) is 8.42 Å². The number of carbonyl (C=O) groups excluding carboxylic acids is 2. The highest BCUT2D eigenvalue weighted by Gasteiger charge is 2.33. The summed E-state index contributed by atoms with van der Waals surface area (Å²) in [5.74, 6) is -0.630. The minimum Gasteiger partial charge on any atom is -0.497 e. The molecule has 42 heavy (non-hydrogen) atoms. The van der Waals surface area contributed by atoms with Gasteiger partial charge in [-0.05, 0) is 75.7 Å². The fourth-order valence-electron chi connectivity index (χ4n) is 4.13. The van der Waals surface area contributed by atoms with Crippen LogP contribution in [-0.4, -0.2) is 55.8 Å². The van der Waals surface area contributed by atoms with E-state index >= 15 is 0 Å². The number of anilines is 1. The summed E-state index contributed by atoms with van der Waals surface area (Å²) >= 11 is 6.02. The number of benzene rings is 3. The van der Waals surface area contributed by atoms with Crippen LogP contribution in [0.1, 0.15) is 31.9 Å². The molecule has 3 aromatic rings. The molecule has 224 valence electrons. The topological polar surface area (TPSA) is 139 Å². The Morgan fingerprint density at radius 3 is 2.19 bits per heavy atom. The maximum absolute atomic E-state index is 14.0. The third kappa shape index (κ3) is 7.77. The summed E-state index contributed by atoms with van der Waals surface area (Å²) in [5.41, 5.74) is 0.702. The van der Waals surface area contributed by atoms with Crippen LogP contribution in [0.4, 0.5) is 11.4 Å². The van der Waals surface area contributed by atoms with E-state index in [1.807, 2.05) is 0 Å². The van der Waals surface area contributed by atoms with Gasteiger partial charge < -0.3 is 15.0 Å². The van der Waals surface area contributed by atoms with Gasteiger partial charge in [-0.1, -0.05) is 29.8 Å². The minimum atomic E-state index is -4.50. The number of nitro benzene ring substituents is 1. The summed E-state index contributed by atoms with van der Waals surface area (Å²) in [5, 5.41) is 14.8. The van der Waals surface area contributed by atoms with E-state index in [4.69, 9.17) is 16.3 Å². The molecule has 0 spiro atoms. The van der Waals surface area contributed by atoms with Crippen LogP contribution in [0.3, 0.4) is 0 Å². The number of nitrogens with one attached hydrogen (secondary N) is 1. The monoisotopic (exact) mass is 616 g/mol. The Kier molecular flexibility index (Phi) is 10.5. The smallest absolute Gasteiger partial charge is 0.273 e. The predicted molar refractivity (Wildman–Crippen MR) is 160 cm³/mol. The summed E-state index contributed by atoms with van der Waals surface area (Å²) in [4.78, 5) is 38.7. The molecule has 0 saturated carbocycles. The number of rotatable bonds is 12. The standard InChI is InChI=1S/C29H33ClN4O7S/c1-19(2)31-29(36)21(4)32(17-22-7-9-23(30)10-8-22)28(35)18-33(24-11-13-25(41-5)14-12-24)42(39,40)26-15-6-20(3)27(16-26)34(37)38/h6-16,19,21H,17-18H2,1-5H3,(H,31,36)/t21-/m0/s1. The first-order chi connectivity index (χ1) is 19.7. The van der Waals surface area contributed by atoms with Crippen LogP contribution in [0, 0.1) is 17.0 Å². The molecule has 1 N–H and O–H groups in total. The summed E-state index contributed by atoms with van der Waals surface area (Å²) in [6.07, 6.45) is 0. The Balaban J connectivity index is 2.09. The molecule has 0 aliphatic rings. The van der Waals surface area contributed by atoms with Crippen LogP contribution in [0.25, 0.3) is 0 Å². The van der Waals surface area contributed by atoms with E-state index in [2.05, 4.69) is 5.32 Å². The molecule has 0 fully saturated rings. The highest BCUT2D eigenvalue weighted by Crippen LogP contribution is 2.29. The van der Waals surface area contributed by atoms with E-state index < -0.39 is 39.3 Å². The molecule has 0 saturated heterocycles. The third-order valence-electron chi connectivity index (χ3n) is 6.47. The summed E-state index contributed by atoms with van der Waals surface area (Å²) < 4.78 is 34.0. The van der Waals surface area contributed by atoms with Gasteiger partial charge in [0, 0.05) is 29.2 Å². The summed E-state index contributed by atoms with van der Waals surface area (Å²) in [6.45, 7) is 5.93. The van der Waals surface area contributed by atoms with Crippen LogP contribution in [0.15, 0.2) is 71.6 Å². The zero-order chi connectivity index (χ0) is 31.2. The Labute approximate surface area is 250 Å². The molecule has 0 aromatic heterocycles. The summed E-state index contributed by atoms with van der Waals surface area (Å²) in [6, 6.07) is 15.1. The zero-order valence-corrected chi connectivity index (χ0v) is 25.5. The quantitative estimate of drug-likeness (QED) is 0.230. The molecule has 0 unspecified atom stereocenters. The Bertz CT molecular complexity index is 1550. The lowest BCUT2D eigenvalue weighted by molar-refractivity contribution is -0.385. The molecule has 0 bridgehead atoms. The second-order valence-corrected chi connectivity index (χ2v) is 12.2. The van der Waals surface area contributed by atoms with Crippen molar-refractivity contribution in [3.63, 3.8) is 0 Å². The van der Waals surface area contributed by atoms with Gasteiger partial charge >= 0.3 is 0 Å². The van der Waals surface area contributed by atoms with E-state index in [-0.39, 0.29) is 34.4 Å². The van der Waals surface area contributed by atoms with Crippen molar-refractivity contribution in [2.24, 2.45) is 0 Å². The van der Waals surface area contributed by atoms with E-state index in [0.717, 1.165) is 10.4 Å². The van der Waals surface area contributed by atoms with Crippen LogP contribution >= 0.6 is 11.6 Å². The van der Waals surface area contributed by atoms with Gasteiger partial charge in [0.15, 0.2) is 0 Å². The van der Waals surface area contributed by atoms with Crippen molar-refractivity contribution in [2.75, 3.05) is 18.0 Å². The van der Waals surface area contributed by atoms with Crippen molar-refractivity contribution >= 4 is 44.8 Å². The predicted octanol–water partition coefficient (Wildman–Crippen LogP) is 4.70. The van der Waals surface area contributed by atoms with Crippen LogP contribution in [-0.2, 0) is 26.2 Å². The molecule has 0 radical (unpaired) electrons. The SMILES string of the molecule is COc1ccc(N(CC(=O)N(Cc2ccc(Cl)cc2)[C@@H](C)C(=O)NC(C)C)S(=O)(=O)c2ccc(C)c([N+](=O)[O-])c2)cc1. The first kappa shape index (κ1) is 32.4. The van der Waals surface area contributed by atoms with Gasteiger partial charge in [-0.2, -0.15) is 0 Å². The number of nitrogens with zero attached hydrogens (tertiary/aromatic N) is 3. The lowest BCUT2D eigenvalue weighted by Gasteiger charge is -2.32.